The second-order valence-electron chi connectivity index (χ2n) is 13.8. The van der Waals surface area contributed by atoms with Gasteiger partial charge in [0.15, 0.2) is 11.6 Å². The Balaban J connectivity index is 1.31. The molecular weight excluding hydrogens is 687 g/mol. The molecule has 0 saturated carbocycles. The molecule has 0 unspecified atom stereocenters. The first-order valence-electron chi connectivity index (χ1n) is 18.6. The van der Waals surface area contributed by atoms with Crippen LogP contribution in [0.5, 0.6) is 0 Å². The smallest absolute Gasteiger partial charge is 0.238 e. The molecule has 0 N–H and O–H groups in total. The number of fused-ring (bicyclic) bond motifs is 7. The summed E-state index contributed by atoms with van der Waals surface area (Å²) in [7, 11) is 0. The molecule has 5 aromatic heterocycles. The highest BCUT2D eigenvalue weighted by Crippen LogP contribution is 2.43. The average Bonchev–Trinajstić information content (AvgIpc) is 3.80. The van der Waals surface area contributed by atoms with E-state index in [0.29, 0.717) is 17.6 Å². The van der Waals surface area contributed by atoms with Crippen molar-refractivity contribution in [3.63, 3.8) is 0 Å². The first-order valence-corrected chi connectivity index (χ1v) is 18.6. The van der Waals surface area contributed by atoms with Crippen LogP contribution in [-0.4, -0.2) is 34.1 Å². The molecule has 0 amide bonds. The van der Waals surface area contributed by atoms with Gasteiger partial charge in [-0.1, -0.05) is 115 Å². The fraction of sp³-hybridized carbons (Fsp3) is 0. The minimum Gasteiger partial charge on any atom is -0.307 e. The van der Waals surface area contributed by atoms with Crippen LogP contribution in [0.1, 0.15) is 0 Å². The molecule has 56 heavy (non-hydrogen) atoms. The Bertz CT molecular complexity index is 3160. The van der Waals surface area contributed by atoms with E-state index in [1.54, 1.807) is 0 Å². The van der Waals surface area contributed by atoms with Gasteiger partial charge < -0.3 is 4.57 Å². The lowest BCUT2D eigenvalue weighted by Crippen LogP contribution is -2.07. The van der Waals surface area contributed by atoms with E-state index in [-0.39, 0.29) is 0 Å². The Hall–Kier alpha value is -7.77. The van der Waals surface area contributed by atoms with Crippen LogP contribution >= 0.6 is 0 Å². The normalized spacial score (nSPS) is 11.6. The van der Waals surface area contributed by atoms with Crippen LogP contribution in [0.25, 0.3) is 101 Å². The van der Waals surface area contributed by atoms with Crippen molar-refractivity contribution in [2.75, 3.05) is 0 Å². The number of pyridine rings is 2. The SMILES string of the molecule is c1ccc(-c2nc(-c3ccccc3)nc(-n3c4ccc(-c5ccccn5)cc4c4ccc5c6cc(-c7ccccn7)ccc6n(-c6ccccc6)c5c43)n2)cc1. The molecule has 7 heteroatoms. The number of hydrogen-bond acceptors (Lipinski definition) is 5. The largest absolute Gasteiger partial charge is 0.307 e. The van der Waals surface area contributed by atoms with Gasteiger partial charge in [0.2, 0.25) is 5.95 Å². The third-order valence-electron chi connectivity index (χ3n) is 10.5. The Kier molecular flexibility index (Phi) is 7.35. The maximum atomic E-state index is 5.28. The van der Waals surface area contributed by atoms with Crippen LogP contribution in [0.15, 0.2) is 188 Å². The highest BCUT2D eigenvalue weighted by molar-refractivity contribution is 6.24. The van der Waals surface area contributed by atoms with Gasteiger partial charge in [-0.25, -0.2) is 4.98 Å². The summed E-state index contributed by atoms with van der Waals surface area (Å²) < 4.78 is 4.61. The lowest BCUT2D eigenvalue weighted by molar-refractivity contribution is 0.953. The number of hydrogen-bond donors (Lipinski definition) is 0. The van der Waals surface area contributed by atoms with Gasteiger partial charge >= 0.3 is 0 Å². The first kappa shape index (κ1) is 31.7. The predicted octanol–water partition coefficient (Wildman–Crippen LogP) is 11.5. The third-order valence-corrected chi connectivity index (χ3v) is 10.5. The Morgan fingerprint density at radius 3 is 1.30 bits per heavy atom. The summed E-state index contributed by atoms with van der Waals surface area (Å²) in [6.07, 6.45) is 3.68. The monoisotopic (exact) mass is 717 g/mol. The van der Waals surface area contributed by atoms with E-state index in [4.69, 9.17) is 24.9 Å². The zero-order chi connectivity index (χ0) is 37.0. The molecule has 262 valence electrons. The maximum absolute atomic E-state index is 5.28. The molecule has 7 nitrogen and oxygen atoms in total. The van der Waals surface area contributed by atoms with E-state index in [2.05, 4.69) is 100 Å². The third kappa shape index (κ3) is 5.17. The summed E-state index contributed by atoms with van der Waals surface area (Å²) in [5.74, 6) is 1.74. The number of aromatic nitrogens is 7. The van der Waals surface area contributed by atoms with E-state index in [0.717, 1.165) is 82.9 Å². The van der Waals surface area contributed by atoms with Gasteiger partial charge in [-0.05, 0) is 60.7 Å². The van der Waals surface area contributed by atoms with Crippen molar-refractivity contribution in [3.05, 3.63) is 188 Å². The van der Waals surface area contributed by atoms with Crippen LogP contribution in [-0.2, 0) is 0 Å². The molecule has 0 aliphatic carbocycles. The molecule has 11 aromatic rings. The average molecular weight is 718 g/mol. The van der Waals surface area contributed by atoms with Crippen LogP contribution in [0, 0.1) is 0 Å². The summed E-state index contributed by atoms with van der Waals surface area (Å²) in [6.45, 7) is 0. The lowest BCUT2D eigenvalue weighted by Gasteiger charge is -2.13. The van der Waals surface area contributed by atoms with Crippen LogP contribution in [0.2, 0.25) is 0 Å². The molecule has 0 fully saturated rings. The van der Waals surface area contributed by atoms with Crippen molar-refractivity contribution >= 4 is 43.6 Å². The van der Waals surface area contributed by atoms with E-state index >= 15 is 0 Å². The van der Waals surface area contributed by atoms with E-state index in [1.807, 2.05) is 97.3 Å². The Labute approximate surface area is 321 Å². The quantitative estimate of drug-likeness (QED) is 0.171. The summed E-state index contributed by atoms with van der Waals surface area (Å²) >= 11 is 0. The molecule has 5 heterocycles. The molecule has 0 bridgehead atoms. The minimum absolute atomic E-state index is 0.537. The fourth-order valence-electron chi connectivity index (χ4n) is 7.94. The predicted molar refractivity (Wildman–Crippen MR) is 226 cm³/mol. The van der Waals surface area contributed by atoms with Gasteiger partial charge in [0.05, 0.1) is 33.5 Å². The molecule has 0 radical (unpaired) electrons. The highest BCUT2D eigenvalue weighted by Gasteiger charge is 2.24. The second-order valence-corrected chi connectivity index (χ2v) is 13.8. The zero-order valence-electron chi connectivity index (χ0n) is 30.0. The molecule has 0 aliphatic heterocycles. The lowest BCUT2D eigenvalue weighted by atomic mass is 10.0. The number of benzene rings is 6. The van der Waals surface area contributed by atoms with Gasteiger partial charge in [-0.15, -0.1) is 0 Å². The minimum atomic E-state index is 0.537. The Morgan fingerprint density at radius 1 is 0.339 bits per heavy atom. The number of rotatable bonds is 6. The number of para-hydroxylation sites is 1. The molecule has 11 rings (SSSR count). The number of nitrogens with zero attached hydrogens (tertiary/aromatic N) is 7. The van der Waals surface area contributed by atoms with Gasteiger partial charge in [-0.3, -0.25) is 14.5 Å². The summed E-state index contributed by atoms with van der Waals surface area (Å²) in [5.41, 5.74) is 10.9. The topological polar surface area (TPSA) is 74.3 Å². The molecule has 0 aliphatic rings. The van der Waals surface area contributed by atoms with Crippen molar-refractivity contribution in [1.82, 2.24) is 34.1 Å². The van der Waals surface area contributed by atoms with Crippen molar-refractivity contribution < 1.29 is 0 Å². The molecule has 6 aromatic carbocycles. The van der Waals surface area contributed by atoms with Crippen molar-refractivity contribution in [1.29, 1.82) is 0 Å². The van der Waals surface area contributed by atoms with Crippen molar-refractivity contribution in [2.45, 2.75) is 0 Å². The van der Waals surface area contributed by atoms with E-state index in [1.165, 1.54) is 0 Å². The fourth-order valence-corrected chi connectivity index (χ4v) is 7.94. The van der Waals surface area contributed by atoms with Gasteiger partial charge in [-0.2, -0.15) is 9.97 Å². The molecular formula is C49H31N7. The Morgan fingerprint density at radius 2 is 0.804 bits per heavy atom. The van der Waals surface area contributed by atoms with Gasteiger partial charge in [0.25, 0.3) is 0 Å². The van der Waals surface area contributed by atoms with E-state index in [9.17, 15) is 0 Å². The zero-order valence-corrected chi connectivity index (χ0v) is 30.0. The van der Waals surface area contributed by atoms with Crippen molar-refractivity contribution in [3.8, 4) is 56.9 Å². The van der Waals surface area contributed by atoms with Crippen LogP contribution in [0.3, 0.4) is 0 Å². The highest BCUT2D eigenvalue weighted by atomic mass is 15.2. The molecule has 0 saturated heterocycles. The second kappa shape index (κ2) is 13.0. The maximum Gasteiger partial charge on any atom is 0.238 e. The summed E-state index contributed by atoms with van der Waals surface area (Å²) in [5, 5.41) is 4.40. The van der Waals surface area contributed by atoms with Crippen molar-refractivity contribution in [2.24, 2.45) is 0 Å². The first-order chi connectivity index (χ1) is 27.8. The molecule has 0 spiro atoms. The van der Waals surface area contributed by atoms with E-state index < -0.39 is 0 Å². The van der Waals surface area contributed by atoms with Crippen LogP contribution in [0.4, 0.5) is 0 Å². The summed E-state index contributed by atoms with van der Waals surface area (Å²) in [6, 6.07) is 60.6. The van der Waals surface area contributed by atoms with Gasteiger partial charge in [0.1, 0.15) is 0 Å². The van der Waals surface area contributed by atoms with Crippen LogP contribution < -0.4 is 0 Å². The summed E-state index contributed by atoms with van der Waals surface area (Å²) in [4.78, 5) is 25.0. The molecule has 0 atom stereocenters. The standard InChI is InChI=1S/C49H31N7/c1-4-14-32(15-5-1)47-52-48(33-16-6-2-7-17-33)54-49(53-47)56-44-27-23-35(42-21-11-13-29-51-42)31-40(44)38-25-24-37-39-30-34(41-20-10-12-28-50-41)22-26-43(39)55(45(37)46(38)56)36-18-8-3-9-19-36/h1-31H. The van der Waals surface area contributed by atoms with Gasteiger partial charge in [0, 0.05) is 61.9 Å².